The van der Waals surface area contributed by atoms with E-state index in [0.717, 1.165) is 18.4 Å². The van der Waals surface area contributed by atoms with Crippen LogP contribution < -0.4 is 10.1 Å². The normalized spacial score (nSPS) is 25.3. The summed E-state index contributed by atoms with van der Waals surface area (Å²) < 4.78 is 28.5. The van der Waals surface area contributed by atoms with Crippen LogP contribution in [-0.2, 0) is 16.1 Å². The molecule has 2 aliphatic rings. The molecule has 1 aliphatic carbocycles. The maximum Gasteiger partial charge on any atom is 0.387 e. The average molecular weight is 368 g/mol. The van der Waals surface area contributed by atoms with Crippen LogP contribution >= 0.6 is 0 Å². The smallest absolute Gasteiger partial charge is 0.387 e. The van der Waals surface area contributed by atoms with Crippen molar-refractivity contribution < 1.29 is 28.2 Å². The van der Waals surface area contributed by atoms with E-state index in [2.05, 4.69) is 10.1 Å². The topological polar surface area (TPSA) is 78.9 Å². The van der Waals surface area contributed by atoms with Gasteiger partial charge in [0, 0.05) is 19.6 Å². The van der Waals surface area contributed by atoms with Gasteiger partial charge in [0.05, 0.1) is 12.0 Å². The van der Waals surface area contributed by atoms with E-state index in [9.17, 15) is 23.5 Å². The Morgan fingerprint density at radius 1 is 1.35 bits per heavy atom. The molecule has 2 fully saturated rings. The lowest BCUT2D eigenvalue weighted by molar-refractivity contribution is -0.149. The first-order valence-corrected chi connectivity index (χ1v) is 8.65. The largest absolute Gasteiger partial charge is 0.481 e. The van der Waals surface area contributed by atoms with E-state index in [0.29, 0.717) is 19.5 Å². The number of hydrogen-bond acceptors (Lipinski definition) is 4. The molecule has 1 aromatic rings. The maximum atomic E-state index is 12.2. The number of fused-ring (bicyclic) bond motifs is 1. The van der Waals surface area contributed by atoms with Gasteiger partial charge in [-0.2, -0.15) is 8.78 Å². The molecule has 1 aromatic carbocycles. The van der Waals surface area contributed by atoms with Crippen LogP contribution in [0.25, 0.3) is 0 Å². The lowest BCUT2D eigenvalue weighted by Gasteiger charge is -2.23. The number of nitrogens with zero attached hydrogens (tertiary/aromatic N) is 1. The Balaban J connectivity index is 1.47. The molecule has 0 bridgehead atoms. The van der Waals surface area contributed by atoms with Crippen molar-refractivity contribution in [2.45, 2.75) is 32.4 Å². The molecule has 1 amide bonds. The van der Waals surface area contributed by atoms with Crippen molar-refractivity contribution >= 4 is 11.9 Å². The van der Waals surface area contributed by atoms with Gasteiger partial charge in [-0.25, -0.2) is 0 Å². The van der Waals surface area contributed by atoms with Gasteiger partial charge >= 0.3 is 12.6 Å². The highest BCUT2D eigenvalue weighted by molar-refractivity contribution is 5.79. The number of carboxylic acid groups (broad SMARTS) is 1. The molecule has 142 valence electrons. The van der Waals surface area contributed by atoms with Crippen LogP contribution in [0.3, 0.4) is 0 Å². The number of nitrogens with one attached hydrogen (secondary N) is 1. The van der Waals surface area contributed by atoms with E-state index >= 15 is 0 Å². The number of aliphatic carboxylic acids is 1. The van der Waals surface area contributed by atoms with Gasteiger partial charge in [-0.3, -0.25) is 14.5 Å². The number of carbonyl (C=O) groups excluding carboxylic acids is 1. The molecule has 1 saturated carbocycles. The van der Waals surface area contributed by atoms with Crippen molar-refractivity contribution in [1.29, 1.82) is 0 Å². The third kappa shape index (κ3) is 3.95. The molecule has 8 heteroatoms. The maximum absolute atomic E-state index is 12.2. The summed E-state index contributed by atoms with van der Waals surface area (Å²) in [5, 5.41) is 12.3. The minimum absolute atomic E-state index is 0.0673. The fourth-order valence-corrected chi connectivity index (χ4v) is 4.11. The molecule has 2 atom stereocenters. The summed E-state index contributed by atoms with van der Waals surface area (Å²) in [6, 6.07) is 6.06. The zero-order valence-electron chi connectivity index (χ0n) is 14.3. The van der Waals surface area contributed by atoms with E-state index in [1.165, 1.54) is 12.1 Å². The number of halogens is 2. The van der Waals surface area contributed by atoms with Crippen molar-refractivity contribution in [1.82, 2.24) is 10.2 Å². The van der Waals surface area contributed by atoms with Crippen LogP contribution in [0.15, 0.2) is 24.3 Å². The Morgan fingerprint density at radius 2 is 2.08 bits per heavy atom. The Labute approximate surface area is 150 Å². The van der Waals surface area contributed by atoms with Gasteiger partial charge in [0.1, 0.15) is 5.75 Å². The molecule has 0 radical (unpaired) electrons. The van der Waals surface area contributed by atoms with E-state index < -0.39 is 18.0 Å². The number of benzene rings is 1. The van der Waals surface area contributed by atoms with Gasteiger partial charge in [0.2, 0.25) is 5.91 Å². The van der Waals surface area contributed by atoms with Gasteiger partial charge in [-0.05, 0) is 36.5 Å². The SMILES string of the molecule is O=C(CN1C[C@@H]2CCC[C@@]2(C(=O)O)C1)NCc1ccc(OC(F)F)cc1. The molecular formula is C18H22F2N2O4. The van der Waals surface area contributed by atoms with Crippen molar-refractivity contribution in [3.8, 4) is 5.75 Å². The van der Waals surface area contributed by atoms with E-state index in [4.69, 9.17) is 0 Å². The summed E-state index contributed by atoms with van der Waals surface area (Å²) in [4.78, 5) is 25.7. The fourth-order valence-electron chi connectivity index (χ4n) is 4.11. The molecule has 3 rings (SSSR count). The Bertz CT molecular complexity index is 668. The van der Waals surface area contributed by atoms with Gasteiger partial charge in [-0.1, -0.05) is 18.6 Å². The molecule has 0 aromatic heterocycles. The van der Waals surface area contributed by atoms with Crippen LogP contribution in [0.1, 0.15) is 24.8 Å². The van der Waals surface area contributed by atoms with Crippen molar-refractivity contribution in [3.05, 3.63) is 29.8 Å². The molecular weight excluding hydrogens is 346 g/mol. The second-order valence-corrected chi connectivity index (χ2v) is 7.02. The minimum atomic E-state index is -2.87. The number of hydrogen-bond donors (Lipinski definition) is 2. The van der Waals surface area contributed by atoms with Crippen LogP contribution in [0, 0.1) is 11.3 Å². The number of ether oxygens (including phenoxy) is 1. The van der Waals surface area contributed by atoms with Gasteiger partial charge in [-0.15, -0.1) is 0 Å². The summed E-state index contributed by atoms with van der Waals surface area (Å²) in [7, 11) is 0. The first kappa shape index (κ1) is 18.6. The molecule has 2 N–H and O–H groups in total. The molecule has 1 heterocycles. The van der Waals surface area contributed by atoms with E-state index in [-0.39, 0.29) is 30.7 Å². The average Bonchev–Trinajstić information content (AvgIpc) is 3.11. The number of carbonyl (C=O) groups is 2. The van der Waals surface area contributed by atoms with Crippen LogP contribution in [0.5, 0.6) is 5.75 Å². The third-order valence-corrected chi connectivity index (χ3v) is 5.37. The molecule has 0 spiro atoms. The predicted molar refractivity (Wildman–Crippen MR) is 88.8 cm³/mol. The van der Waals surface area contributed by atoms with Crippen molar-refractivity contribution in [3.63, 3.8) is 0 Å². The summed E-state index contributed by atoms with van der Waals surface area (Å²) in [5.74, 6) is -0.750. The third-order valence-electron chi connectivity index (χ3n) is 5.37. The first-order valence-electron chi connectivity index (χ1n) is 8.65. The summed E-state index contributed by atoms with van der Waals surface area (Å²) >= 11 is 0. The lowest BCUT2D eigenvalue weighted by Crippen LogP contribution is -2.39. The molecule has 1 aliphatic heterocycles. The monoisotopic (exact) mass is 368 g/mol. The number of likely N-dealkylation sites (tertiary alicyclic amines) is 1. The second-order valence-electron chi connectivity index (χ2n) is 7.02. The highest BCUT2D eigenvalue weighted by Crippen LogP contribution is 2.48. The molecule has 26 heavy (non-hydrogen) atoms. The Kier molecular flexibility index (Phi) is 5.41. The van der Waals surface area contributed by atoms with Gasteiger partial charge < -0.3 is 15.2 Å². The zero-order chi connectivity index (χ0) is 18.7. The first-order chi connectivity index (χ1) is 12.4. The summed E-state index contributed by atoms with van der Waals surface area (Å²) in [5.41, 5.74) is 0.0705. The predicted octanol–water partition coefficient (Wildman–Crippen LogP) is 2.09. The fraction of sp³-hybridized carbons (Fsp3) is 0.556. The molecule has 0 unspecified atom stereocenters. The Hall–Kier alpha value is -2.22. The number of alkyl halides is 2. The number of rotatable bonds is 7. The lowest BCUT2D eigenvalue weighted by atomic mass is 9.81. The van der Waals surface area contributed by atoms with E-state index in [1.54, 1.807) is 12.1 Å². The van der Waals surface area contributed by atoms with Gasteiger partial charge in [0.25, 0.3) is 0 Å². The minimum Gasteiger partial charge on any atom is -0.481 e. The van der Waals surface area contributed by atoms with Crippen molar-refractivity contribution in [2.75, 3.05) is 19.6 Å². The summed E-state index contributed by atoms with van der Waals surface area (Å²) in [6.45, 7) is -1.37. The highest BCUT2D eigenvalue weighted by Gasteiger charge is 2.54. The molecule has 1 saturated heterocycles. The van der Waals surface area contributed by atoms with Crippen LogP contribution in [0.4, 0.5) is 8.78 Å². The van der Waals surface area contributed by atoms with Crippen molar-refractivity contribution in [2.24, 2.45) is 11.3 Å². The highest BCUT2D eigenvalue weighted by atomic mass is 19.3. The van der Waals surface area contributed by atoms with E-state index in [1.807, 2.05) is 4.90 Å². The zero-order valence-corrected chi connectivity index (χ0v) is 14.3. The summed E-state index contributed by atoms with van der Waals surface area (Å²) in [6.07, 6.45) is 2.51. The molecule has 6 nitrogen and oxygen atoms in total. The number of carboxylic acids is 1. The van der Waals surface area contributed by atoms with Crippen LogP contribution in [-0.4, -0.2) is 48.1 Å². The van der Waals surface area contributed by atoms with Crippen LogP contribution in [0.2, 0.25) is 0 Å². The Morgan fingerprint density at radius 3 is 2.69 bits per heavy atom. The number of amides is 1. The second kappa shape index (κ2) is 7.57. The standard InChI is InChI=1S/C18H22F2N2O4/c19-17(20)26-14-5-3-12(4-6-14)8-21-15(23)10-22-9-13-2-1-7-18(13,11-22)16(24)25/h3-6,13,17H,1-2,7-11H2,(H,21,23)(H,24,25)/t13-,18+/m0/s1. The quantitative estimate of drug-likeness (QED) is 0.771. The van der Waals surface area contributed by atoms with Gasteiger partial charge in [0.15, 0.2) is 0 Å².